The third-order valence-electron chi connectivity index (χ3n) is 5.86. The van der Waals surface area contributed by atoms with Gasteiger partial charge >= 0.3 is 0 Å². The quantitative estimate of drug-likeness (QED) is 0.460. The Labute approximate surface area is 210 Å². The van der Waals surface area contributed by atoms with Crippen LogP contribution in [0.15, 0.2) is 24.4 Å². The minimum absolute atomic E-state index is 0.0134. The summed E-state index contributed by atoms with van der Waals surface area (Å²) in [5.74, 6) is -0.0508. The number of fused-ring (bicyclic) bond motifs is 1. The maximum atomic E-state index is 12.8. The van der Waals surface area contributed by atoms with E-state index in [0.717, 1.165) is 0 Å². The molecule has 194 valence electrons. The number of sulfone groups is 1. The van der Waals surface area contributed by atoms with E-state index in [2.05, 4.69) is 20.4 Å². The maximum absolute atomic E-state index is 12.8. The average molecular weight is 544 g/mol. The van der Waals surface area contributed by atoms with Crippen molar-refractivity contribution in [2.24, 2.45) is 0 Å². The van der Waals surface area contributed by atoms with Crippen molar-refractivity contribution < 1.29 is 31.5 Å². The molecule has 0 atom stereocenters. The Kier molecular flexibility index (Phi) is 7.32. The molecule has 3 aromatic heterocycles. The van der Waals surface area contributed by atoms with Crippen LogP contribution in [0.2, 0.25) is 5.02 Å². The minimum atomic E-state index is -3.08. The van der Waals surface area contributed by atoms with Gasteiger partial charge in [-0.15, -0.1) is 5.10 Å². The highest BCUT2D eigenvalue weighted by Crippen LogP contribution is 2.26. The van der Waals surface area contributed by atoms with Crippen LogP contribution in [0.4, 0.5) is 8.78 Å². The molecule has 10 nitrogen and oxygen atoms in total. The van der Waals surface area contributed by atoms with Gasteiger partial charge in [0.1, 0.15) is 40.2 Å². The molecule has 1 amide bonds. The van der Waals surface area contributed by atoms with E-state index < -0.39 is 34.3 Å². The Morgan fingerprint density at radius 2 is 1.97 bits per heavy atom. The second kappa shape index (κ2) is 10.1. The Bertz CT molecular complexity index is 1380. The SMILES string of the molecule is Cc1c(OCc2ncc(Cl)cc2OCC(F)F)ccc2nc(C(=O)NC3(C)CCS(=O)(=O)CC3)nn12. The number of alkyl halides is 2. The van der Waals surface area contributed by atoms with Gasteiger partial charge < -0.3 is 14.8 Å². The van der Waals surface area contributed by atoms with Crippen LogP contribution in [0.3, 0.4) is 0 Å². The van der Waals surface area contributed by atoms with E-state index in [4.69, 9.17) is 21.1 Å². The van der Waals surface area contributed by atoms with Crippen molar-refractivity contribution in [1.29, 1.82) is 0 Å². The molecule has 0 spiro atoms. The standard InChI is InChI=1S/C22H24ClF2N5O5S/c1-13-16(34-11-15-17(35-12-18(24)25)9-14(23)10-26-15)3-4-19-27-20(29-30(13)19)21(31)28-22(2)5-7-36(32,33)8-6-22/h3-4,9-10,18H,5-8,11-12H2,1-2H3,(H,28,31). The van der Waals surface area contributed by atoms with E-state index >= 15 is 0 Å². The summed E-state index contributed by atoms with van der Waals surface area (Å²) in [7, 11) is -3.08. The summed E-state index contributed by atoms with van der Waals surface area (Å²) in [6.07, 6.45) is -0.675. The molecule has 4 heterocycles. The zero-order valence-electron chi connectivity index (χ0n) is 19.5. The molecule has 1 aliphatic heterocycles. The van der Waals surface area contributed by atoms with Gasteiger partial charge in [0.15, 0.2) is 5.65 Å². The van der Waals surface area contributed by atoms with Crippen molar-refractivity contribution in [1.82, 2.24) is 24.9 Å². The molecule has 0 radical (unpaired) electrons. The number of rotatable bonds is 8. The molecule has 0 aliphatic carbocycles. The fourth-order valence-electron chi connectivity index (χ4n) is 3.73. The van der Waals surface area contributed by atoms with Crippen LogP contribution in [0.25, 0.3) is 5.65 Å². The van der Waals surface area contributed by atoms with Crippen LogP contribution in [0, 0.1) is 6.92 Å². The van der Waals surface area contributed by atoms with E-state index in [9.17, 15) is 22.0 Å². The van der Waals surface area contributed by atoms with E-state index in [-0.39, 0.29) is 40.4 Å². The second-order valence-electron chi connectivity index (χ2n) is 8.74. The summed E-state index contributed by atoms with van der Waals surface area (Å²) in [4.78, 5) is 21.2. The van der Waals surface area contributed by atoms with Crippen LogP contribution in [-0.4, -0.2) is 64.0 Å². The lowest BCUT2D eigenvalue weighted by Gasteiger charge is -2.33. The van der Waals surface area contributed by atoms with Crippen LogP contribution in [-0.2, 0) is 16.4 Å². The van der Waals surface area contributed by atoms with Gasteiger partial charge in [0.25, 0.3) is 12.3 Å². The van der Waals surface area contributed by atoms with Crippen LogP contribution in [0.5, 0.6) is 11.5 Å². The van der Waals surface area contributed by atoms with Crippen molar-refractivity contribution >= 4 is 33.0 Å². The molecule has 0 bridgehead atoms. The van der Waals surface area contributed by atoms with E-state index in [1.165, 1.54) is 16.8 Å². The third kappa shape index (κ3) is 6.01. The molecule has 1 N–H and O–H groups in total. The Morgan fingerprint density at radius 1 is 1.25 bits per heavy atom. The average Bonchev–Trinajstić information content (AvgIpc) is 3.26. The van der Waals surface area contributed by atoms with Crippen molar-refractivity contribution in [3.05, 3.63) is 46.6 Å². The summed E-state index contributed by atoms with van der Waals surface area (Å²) in [6.45, 7) is 2.62. The van der Waals surface area contributed by atoms with Gasteiger partial charge in [-0.2, -0.15) is 0 Å². The predicted octanol–water partition coefficient (Wildman–Crippen LogP) is 3.01. The number of nitrogens with one attached hydrogen (secondary N) is 1. The molecule has 36 heavy (non-hydrogen) atoms. The lowest BCUT2D eigenvalue weighted by Crippen LogP contribution is -2.51. The Hall–Kier alpha value is -3.06. The predicted molar refractivity (Wildman–Crippen MR) is 127 cm³/mol. The van der Waals surface area contributed by atoms with E-state index in [1.807, 2.05) is 0 Å². The van der Waals surface area contributed by atoms with E-state index in [1.54, 1.807) is 26.0 Å². The highest BCUT2D eigenvalue weighted by atomic mass is 35.5. The molecule has 1 fully saturated rings. The molecule has 14 heteroatoms. The lowest BCUT2D eigenvalue weighted by molar-refractivity contribution is 0.0804. The first-order chi connectivity index (χ1) is 16.9. The van der Waals surface area contributed by atoms with Gasteiger partial charge in [0.2, 0.25) is 5.82 Å². The van der Waals surface area contributed by atoms with Gasteiger partial charge in [-0.25, -0.2) is 26.7 Å². The van der Waals surface area contributed by atoms with Gasteiger partial charge in [-0.3, -0.25) is 9.78 Å². The molecule has 0 aromatic carbocycles. The molecule has 1 saturated heterocycles. The molecule has 4 rings (SSSR count). The normalized spacial score (nSPS) is 16.7. The van der Waals surface area contributed by atoms with Gasteiger partial charge in [-0.05, 0) is 38.8 Å². The number of amides is 1. The van der Waals surface area contributed by atoms with Crippen molar-refractivity contribution in [2.75, 3.05) is 18.1 Å². The third-order valence-corrected chi connectivity index (χ3v) is 7.72. The fourth-order valence-corrected chi connectivity index (χ4v) is 5.60. The highest BCUT2D eigenvalue weighted by molar-refractivity contribution is 7.91. The summed E-state index contributed by atoms with van der Waals surface area (Å²) in [6, 6.07) is 4.64. The van der Waals surface area contributed by atoms with Crippen molar-refractivity contribution in [3.8, 4) is 11.5 Å². The Balaban J connectivity index is 1.49. The largest absolute Gasteiger partial charge is 0.486 e. The molecule has 1 aliphatic rings. The molecule has 0 saturated carbocycles. The number of ether oxygens (including phenoxy) is 2. The zero-order valence-corrected chi connectivity index (χ0v) is 21.1. The molecular formula is C22H24ClF2N5O5S. The second-order valence-corrected chi connectivity index (χ2v) is 11.5. The topological polar surface area (TPSA) is 125 Å². The Morgan fingerprint density at radius 3 is 2.67 bits per heavy atom. The number of aromatic nitrogens is 4. The monoisotopic (exact) mass is 543 g/mol. The first-order valence-electron chi connectivity index (χ1n) is 11.0. The van der Waals surface area contributed by atoms with Gasteiger partial charge in [-0.1, -0.05) is 11.6 Å². The summed E-state index contributed by atoms with van der Waals surface area (Å²) >= 11 is 5.90. The fraction of sp³-hybridized carbons (Fsp3) is 0.455. The number of carbonyl (C=O) groups excluding carboxylic acids is 1. The number of carbonyl (C=O) groups is 1. The number of hydrogen-bond acceptors (Lipinski definition) is 8. The number of halogens is 3. The van der Waals surface area contributed by atoms with Gasteiger partial charge in [0.05, 0.1) is 22.2 Å². The molecule has 3 aromatic rings. The number of hydrogen-bond donors (Lipinski definition) is 1. The van der Waals surface area contributed by atoms with Gasteiger partial charge in [0, 0.05) is 17.8 Å². The highest BCUT2D eigenvalue weighted by Gasteiger charge is 2.35. The van der Waals surface area contributed by atoms with Crippen molar-refractivity contribution in [2.45, 2.75) is 45.3 Å². The molecular weight excluding hydrogens is 520 g/mol. The summed E-state index contributed by atoms with van der Waals surface area (Å²) < 4.78 is 60.9. The van der Waals surface area contributed by atoms with Crippen LogP contribution in [0.1, 0.15) is 41.8 Å². The smallest absolute Gasteiger partial charge is 0.291 e. The number of aryl methyl sites for hydroxylation is 1. The number of pyridine rings is 2. The minimum Gasteiger partial charge on any atom is -0.486 e. The first kappa shape index (κ1) is 26.0. The summed E-state index contributed by atoms with van der Waals surface area (Å²) in [5.41, 5.74) is 0.560. The maximum Gasteiger partial charge on any atom is 0.291 e. The van der Waals surface area contributed by atoms with Crippen LogP contribution >= 0.6 is 11.6 Å². The zero-order chi connectivity index (χ0) is 26.1. The first-order valence-corrected chi connectivity index (χ1v) is 13.2. The number of nitrogens with zero attached hydrogens (tertiary/aromatic N) is 4. The van der Waals surface area contributed by atoms with E-state index in [0.29, 0.717) is 29.9 Å². The summed E-state index contributed by atoms with van der Waals surface area (Å²) in [5, 5.41) is 7.38. The van der Waals surface area contributed by atoms with Crippen molar-refractivity contribution in [3.63, 3.8) is 0 Å². The lowest BCUT2D eigenvalue weighted by atomic mass is 9.95. The molecule has 0 unspecified atom stereocenters. The van der Waals surface area contributed by atoms with Crippen LogP contribution < -0.4 is 14.8 Å².